The fourth-order valence-electron chi connectivity index (χ4n) is 3.81. The average molecular weight is 392 g/mol. The molecule has 4 nitrogen and oxygen atoms in total. The van der Waals surface area contributed by atoms with E-state index in [4.69, 9.17) is 16.0 Å². The van der Waals surface area contributed by atoms with Crippen LogP contribution in [0.4, 0.5) is 0 Å². The molecule has 1 aliphatic heterocycles. The summed E-state index contributed by atoms with van der Waals surface area (Å²) in [5, 5.41) is 12.4. The number of fused-ring (bicyclic) bond motifs is 1. The van der Waals surface area contributed by atoms with Crippen LogP contribution in [-0.4, -0.2) is 23.7 Å². The van der Waals surface area contributed by atoms with Crippen LogP contribution >= 0.6 is 11.6 Å². The molecule has 0 bridgehead atoms. The van der Waals surface area contributed by atoms with E-state index in [1.54, 1.807) is 12.5 Å². The van der Waals surface area contributed by atoms with Crippen molar-refractivity contribution in [1.29, 1.82) is 0 Å². The Morgan fingerprint density at radius 1 is 1.35 bits per heavy atom. The van der Waals surface area contributed by atoms with E-state index < -0.39 is 14.6 Å². The van der Waals surface area contributed by atoms with Crippen molar-refractivity contribution in [2.45, 2.75) is 65.0 Å². The molecule has 3 rings (SSSR count). The Kier molecular flexibility index (Phi) is 5.37. The minimum atomic E-state index is -1.10. The first-order valence-corrected chi connectivity index (χ1v) is 11.9. The Labute approximate surface area is 162 Å². The number of rotatable bonds is 4. The Morgan fingerprint density at radius 2 is 2.08 bits per heavy atom. The van der Waals surface area contributed by atoms with Crippen molar-refractivity contribution in [2.24, 2.45) is 5.41 Å². The van der Waals surface area contributed by atoms with Gasteiger partial charge in [-0.2, -0.15) is 0 Å². The maximum atomic E-state index is 11.8. The molecule has 2 atom stereocenters. The van der Waals surface area contributed by atoms with E-state index in [0.29, 0.717) is 11.4 Å². The van der Waals surface area contributed by atoms with Gasteiger partial charge in [0.05, 0.1) is 24.3 Å². The third-order valence-corrected chi connectivity index (χ3v) is 5.90. The Balaban J connectivity index is 2.19. The van der Waals surface area contributed by atoms with Gasteiger partial charge in [0, 0.05) is 11.6 Å². The lowest BCUT2D eigenvalue weighted by Gasteiger charge is -2.39. The van der Waals surface area contributed by atoms with E-state index in [-0.39, 0.29) is 11.5 Å². The highest BCUT2D eigenvalue weighted by Gasteiger charge is 2.41. The molecule has 1 N–H and O–H groups in total. The molecule has 2 heterocycles. The summed E-state index contributed by atoms with van der Waals surface area (Å²) in [6, 6.07) is 5.81. The molecule has 2 unspecified atom stereocenters. The number of halogens is 1. The SMILES string of the molecule is C[Si](C)OC(c1ccc(Cl)cc1C1(O)CCCn2cncc21)C(C)(C)C. The molecule has 0 amide bonds. The number of hydrogen-bond acceptors (Lipinski definition) is 3. The van der Waals surface area contributed by atoms with Gasteiger partial charge in [-0.15, -0.1) is 0 Å². The van der Waals surface area contributed by atoms with E-state index in [0.717, 1.165) is 29.8 Å². The van der Waals surface area contributed by atoms with Gasteiger partial charge in [-0.1, -0.05) is 38.4 Å². The zero-order valence-corrected chi connectivity index (χ0v) is 18.0. The third kappa shape index (κ3) is 3.63. The highest BCUT2D eigenvalue weighted by molar-refractivity contribution is 6.48. The van der Waals surface area contributed by atoms with Crippen LogP contribution in [-0.2, 0) is 16.6 Å². The molecule has 0 saturated heterocycles. The Morgan fingerprint density at radius 3 is 2.73 bits per heavy atom. The molecule has 2 aromatic rings. The van der Waals surface area contributed by atoms with Crippen LogP contribution in [0.2, 0.25) is 18.1 Å². The van der Waals surface area contributed by atoms with Gasteiger partial charge in [0.25, 0.3) is 0 Å². The minimum Gasteiger partial charge on any atom is -0.410 e. The molecule has 1 radical (unpaired) electrons. The van der Waals surface area contributed by atoms with Crippen LogP contribution in [0.5, 0.6) is 0 Å². The number of hydrogen-bond donors (Lipinski definition) is 1. The molecule has 0 fully saturated rings. The number of aliphatic hydroxyl groups is 1. The van der Waals surface area contributed by atoms with Crippen LogP contribution < -0.4 is 0 Å². The molecule has 6 heteroatoms. The summed E-state index contributed by atoms with van der Waals surface area (Å²) in [5.74, 6) is 0. The lowest BCUT2D eigenvalue weighted by atomic mass is 9.76. The normalized spacial score (nSPS) is 21.7. The van der Waals surface area contributed by atoms with Crippen molar-refractivity contribution >= 4 is 20.6 Å². The summed E-state index contributed by atoms with van der Waals surface area (Å²) >= 11 is 6.36. The highest BCUT2D eigenvalue weighted by Crippen LogP contribution is 2.46. The molecule has 141 valence electrons. The minimum absolute atomic E-state index is 0.101. The zero-order chi connectivity index (χ0) is 19.1. The largest absolute Gasteiger partial charge is 0.410 e. The van der Waals surface area contributed by atoms with E-state index in [9.17, 15) is 5.11 Å². The van der Waals surface area contributed by atoms with E-state index in [1.807, 2.05) is 22.8 Å². The van der Waals surface area contributed by atoms with E-state index in [1.165, 1.54) is 0 Å². The fourth-order valence-corrected chi connectivity index (χ4v) is 4.93. The van der Waals surface area contributed by atoms with E-state index >= 15 is 0 Å². The third-order valence-electron chi connectivity index (χ3n) is 4.96. The summed E-state index contributed by atoms with van der Waals surface area (Å²) in [4.78, 5) is 4.26. The fraction of sp³-hybridized carbons (Fsp3) is 0.550. The van der Waals surface area contributed by atoms with Crippen molar-refractivity contribution < 1.29 is 9.53 Å². The first kappa shape index (κ1) is 19.6. The molecular weight excluding hydrogens is 364 g/mol. The molecule has 26 heavy (non-hydrogen) atoms. The highest BCUT2D eigenvalue weighted by atomic mass is 35.5. The van der Waals surface area contributed by atoms with Crippen LogP contribution in [0.3, 0.4) is 0 Å². The summed E-state index contributed by atoms with van der Waals surface area (Å²) < 4.78 is 8.45. The van der Waals surface area contributed by atoms with E-state index in [2.05, 4.69) is 38.8 Å². The number of nitrogens with zero attached hydrogens (tertiary/aromatic N) is 2. The van der Waals surface area contributed by atoms with Crippen molar-refractivity contribution in [1.82, 2.24) is 9.55 Å². The summed E-state index contributed by atoms with van der Waals surface area (Å²) in [6.07, 6.45) is 5.00. The maximum Gasteiger partial charge on any atom is 0.205 e. The zero-order valence-electron chi connectivity index (χ0n) is 16.2. The van der Waals surface area contributed by atoms with Crippen LogP contribution in [0, 0.1) is 5.41 Å². The van der Waals surface area contributed by atoms with Crippen molar-refractivity contribution in [3.63, 3.8) is 0 Å². The second kappa shape index (κ2) is 7.11. The average Bonchev–Trinajstić information content (AvgIpc) is 3.02. The van der Waals surface area contributed by atoms with Gasteiger partial charge in [0.15, 0.2) is 0 Å². The van der Waals surface area contributed by atoms with Crippen molar-refractivity contribution in [3.05, 3.63) is 52.6 Å². The van der Waals surface area contributed by atoms with Gasteiger partial charge < -0.3 is 14.1 Å². The van der Waals surface area contributed by atoms with Crippen LogP contribution in [0.1, 0.15) is 56.5 Å². The first-order chi connectivity index (χ1) is 12.1. The standard InChI is InChI=1S/C20H28ClN2O2Si/c1-19(2,3)18(25-26(4)5)15-8-7-14(21)11-16(15)20(24)9-6-10-23-13-22-12-17(20)23/h7-8,11-13,18,24H,6,9-10H2,1-5H3. The first-order valence-electron chi connectivity index (χ1n) is 9.12. The monoisotopic (exact) mass is 391 g/mol. The van der Waals surface area contributed by atoms with Gasteiger partial charge in [-0.25, -0.2) is 4.98 Å². The Hall–Kier alpha value is -1.14. The molecule has 1 aromatic carbocycles. The topological polar surface area (TPSA) is 47.3 Å². The maximum absolute atomic E-state index is 11.8. The quantitative estimate of drug-likeness (QED) is 0.752. The predicted molar refractivity (Wildman–Crippen MR) is 107 cm³/mol. The molecule has 1 aliphatic rings. The van der Waals surface area contributed by atoms with Gasteiger partial charge in [0.1, 0.15) is 5.60 Å². The number of aromatic nitrogens is 2. The second-order valence-corrected chi connectivity index (χ2v) is 10.9. The lowest BCUT2D eigenvalue weighted by Crippen LogP contribution is -2.37. The summed E-state index contributed by atoms with van der Waals surface area (Å²) in [6.45, 7) is 11.7. The predicted octanol–water partition coefficient (Wildman–Crippen LogP) is 4.92. The summed E-state index contributed by atoms with van der Waals surface area (Å²) in [5.41, 5.74) is 1.49. The molecule has 1 aromatic heterocycles. The van der Waals surface area contributed by atoms with Gasteiger partial charge in [0.2, 0.25) is 9.04 Å². The van der Waals surface area contributed by atoms with Gasteiger partial charge in [-0.05, 0) is 54.6 Å². The lowest BCUT2D eigenvalue weighted by molar-refractivity contribution is 0.0369. The number of benzene rings is 1. The molecule has 0 saturated carbocycles. The molecule has 0 spiro atoms. The molecule has 0 aliphatic carbocycles. The molecular formula is C20H28ClN2O2Si. The van der Waals surface area contributed by atoms with Gasteiger partial charge in [-0.3, -0.25) is 0 Å². The number of imidazole rings is 1. The number of aryl methyl sites for hydroxylation is 1. The second-order valence-electron chi connectivity index (χ2n) is 8.44. The van der Waals surface area contributed by atoms with Gasteiger partial charge >= 0.3 is 0 Å². The van der Waals surface area contributed by atoms with Crippen LogP contribution in [0.25, 0.3) is 0 Å². The van der Waals surface area contributed by atoms with Crippen LogP contribution in [0.15, 0.2) is 30.7 Å². The Bertz CT molecular complexity index is 784. The van der Waals surface area contributed by atoms with Crippen molar-refractivity contribution in [3.8, 4) is 0 Å². The van der Waals surface area contributed by atoms with Crippen molar-refractivity contribution in [2.75, 3.05) is 0 Å². The summed E-state index contributed by atoms with van der Waals surface area (Å²) in [7, 11) is -0.920. The smallest absolute Gasteiger partial charge is 0.205 e.